The molecule has 0 bridgehead atoms. The first-order valence-corrected chi connectivity index (χ1v) is 10.4. The number of rotatable bonds is 5. The highest BCUT2D eigenvalue weighted by molar-refractivity contribution is 5.96. The molecule has 1 aromatic carbocycles. The SMILES string of the molecule is CCn1nnn(C(C)OC(=O)OC2CCCCC2)c1=NC(=O)c1ccc(C)cc1C. The summed E-state index contributed by atoms with van der Waals surface area (Å²) < 4.78 is 13.6. The molecule has 9 heteroatoms. The lowest BCUT2D eigenvalue weighted by molar-refractivity contribution is -0.0302. The minimum absolute atomic E-state index is 0.106. The van der Waals surface area contributed by atoms with Crippen LogP contribution in [-0.2, 0) is 16.0 Å². The number of hydrogen-bond acceptors (Lipinski definition) is 6. The van der Waals surface area contributed by atoms with Crippen LogP contribution in [0.2, 0.25) is 0 Å². The second-order valence-corrected chi connectivity index (χ2v) is 7.62. The van der Waals surface area contributed by atoms with Gasteiger partial charge in [0.05, 0.1) is 0 Å². The van der Waals surface area contributed by atoms with Crippen molar-refractivity contribution in [3.63, 3.8) is 0 Å². The maximum atomic E-state index is 12.8. The van der Waals surface area contributed by atoms with Crippen LogP contribution in [0.3, 0.4) is 0 Å². The fraction of sp³-hybridized carbons (Fsp3) is 0.571. The first kappa shape index (κ1) is 21.7. The Morgan fingerprint density at radius 3 is 2.60 bits per heavy atom. The largest absolute Gasteiger partial charge is 0.510 e. The lowest BCUT2D eigenvalue weighted by Crippen LogP contribution is -2.32. The van der Waals surface area contributed by atoms with E-state index in [9.17, 15) is 9.59 Å². The Morgan fingerprint density at radius 1 is 1.20 bits per heavy atom. The van der Waals surface area contributed by atoms with Crippen LogP contribution in [0.5, 0.6) is 0 Å². The Kier molecular flexibility index (Phi) is 7.02. The van der Waals surface area contributed by atoms with Gasteiger partial charge in [-0.15, -0.1) is 0 Å². The molecular formula is C21H29N5O4. The third-order valence-corrected chi connectivity index (χ3v) is 5.22. The summed E-state index contributed by atoms with van der Waals surface area (Å²) in [4.78, 5) is 29.2. The van der Waals surface area contributed by atoms with Gasteiger partial charge in [-0.3, -0.25) is 4.79 Å². The molecule has 1 fully saturated rings. The number of tetrazole rings is 1. The number of amides is 1. The van der Waals surface area contributed by atoms with E-state index in [4.69, 9.17) is 9.47 Å². The van der Waals surface area contributed by atoms with E-state index < -0.39 is 18.3 Å². The fourth-order valence-corrected chi connectivity index (χ4v) is 3.58. The quantitative estimate of drug-likeness (QED) is 0.693. The molecule has 1 amide bonds. The average Bonchev–Trinajstić information content (AvgIpc) is 3.11. The van der Waals surface area contributed by atoms with Crippen molar-refractivity contribution in [1.82, 2.24) is 19.8 Å². The van der Waals surface area contributed by atoms with Crippen LogP contribution >= 0.6 is 0 Å². The van der Waals surface area contributed by atoms with E-state index in [1.165, 1.54) is 15.8 Å². The van der Waals surface area contributed by atoms with E-state index in [0.29, 0.717) is 12.1 Å². The predicted octanol–water partition coefficient (Wildman–Crippen LogP) is 3.46. The zero-order valence-corrected chi connectivity index (χ0v) is 18.0. The number of carbonyl (C=O) groups is 2. The molecule has 3 rings (SSSR count). The predicted molar refractivity (Wildman–Crippen MR) is 109 cm³/mol. The first-order chi connectivity index (χ1) is 14.4. The van der Waals surface area contributed by atoms with Gasteiger partial charge in [-0.05, 0) is 75.4 Å². The van der Waals surface area contributed by atoms with Crippen molar-refractivity contribution in [2.45, 2.75) is 78.7 Å². The monoisotopic (exact) mass is 415 g/mol. The fourth-order valence-electron chi connectivity index (χ4n) is 3.58. The van der Waals surface area contributed by atoms with Crippen LogP contribution < -0.4 is 5.62 Å². The minimum atomic E-state index is -0.827. The van der Waals surface area contributed by atoms with Crippen molar-refractivity contribution < 1.29 is 19.1 Å². The van der Waals surface area contributed by atoms with Crippen molar-refractivity contribution in [3.8, 4) is 0 Å². The van der Waals surface area contributed by atoms with Gasteiger partial charge in [-0.1, -0.05) is 24.1 Å². The zero-order chi connectivity index (χ0) is 21.7. The molecule has 1 saturated carbocycles. The molecule has 30 heavy (non-hydrogen) atoms. The number of hydrogen-bond donors (Lipinski definition) is 0. The maximum Gasteiger partial charge on any atom is 0.510 e. The molecule has 1 atom stereocenters. The molecule has 1 unspecified atom stereocenters. The Morgan fingerprint density at radius 2 is 1.93 bits per heavy atom. The van der Waals surface area contributed by atoms with Crippen molar-refractivity contribution in [1.29, 1.82) is 0 Å². The summed E-state index contributed by atoms with van der Waals surface area (Å²) in [7, 11) is 0. The molecule has 1 aromatic heterocycles. The summed E-state index contributed by atoms with van der Waals surface area (Å²) in [6.45, 7) is 7.79. The minimum Gasteiger partial charge on any atom is -0.431 e. The third-order valence-electron chi connectivity index (χ3n) is 5.22. The molecule has 0 radical (unpaired) electrons. The Balaban J connectivity index is 1.80. The van der Waals surface area contributed by atoms with Crippen LogP contribution in [0.15, 0.2) is 23.2 Å². The van der Waals surface area contributed by atoms with Gasteiger partial charge in [0.2, 0.25) is 6.23 Å². The molecule has 1 heterocycles. The average molecular weight is 415 g/mol. The van der Waals surface area contributed by atoms with Crippen LogP contribution in [-0.4, -0.2) is 38.0 Å². The molecule has 0 aliphatic heterocycles. The van der Waals surface area contributed by atoms with E-state index >= 15 is 0 Å². The molecule has 0 saturated heterocycles. The molecule has 2 aromatic rings. The number of aromatic nitrogens is 4. The maximum absolute atomic E-state index is 12.8. The van der Waals surface area contributed by atoms with Crippen molar-refractivity contribution in [2.75, 3.05) is 0 Å². The molecule has 0 spiro atoms. The van der Waals surface area contributed by atoms with Crippen LogP contribution in [0, 0.1) is 13.8 Å². The van der Waals surface area contributed by atoms with E-state index in [2.05, 4.69) is 15.4 Å². The standard InChI is InChI=1S/C21H29N5O4/c1-5-25-20(22-19(27)18-12-11-14(2)13-15(18)3)26(24-23-25)16(4)29-21(28)30-17-9-7-6-8-10-17/h11-13,16-17H,5-10H2,1-4H3. The molecular weight excluding hydrogens is 386 g/mol. The summed E-state index contributed by atoms with van der Waals surface area (Å²) in [5.41, 5.74) is 2.62. The van der Waals surface area contributed by atoms with Crippen molar-refractivity contribution in [2.24, 2.45) is 4.99 Å². The topological polar surface area (TPSA) is 101 Å². The molecule has 0 N–H and O–H groups in total. The normalized spacial score (nSPS) is 16.3. The highest BCUT2D eigenvalue weighted by Crippen LogP contribution is 2.21. The van der Waals surface area contributed by atoms with Gasteiger partial charge in [-0.25, -0.2) is 9.48 Å². The van der Waals surface area contributed by atoms with E-state index in [1.807, 2.05) is 32.9 Å². The van der Waals surface area contributed by atoms with Gasteiger partial charge >= 0.3 is 6.16 Å². The summed E-state index contributed by atoms with van der Waals surface area (Å²) in [5.74, 6) is -0.407. The van der Waals surface area contributed by atoms with Gasteiger partial charge in [0.25, 0.3) is 11.5 Å². The molecule has 9 nitrogen and oxygen atoms in total. The summed E-state index contributed by atoms with van der Waals surface area (Å²) >= 11 is 0. The summed E-state index contributed by atoms with van der Waals surface area (Å²) in [6.07, 6.45) is 3.30. The van der Waals surface area contributed by atoms with Crippen LogP contribution in [0.1, 0.15) is 73.7 Å². The van der Waals surface area contributed by atoms with E-state index in [-0.39, 0.29) is 11.7 Å². The summed E-state index contributed by atoms with van der Waals surface area (Å²) in [6, 6.07) is 5.55. The number of carbonyl (C=O) groups excluding carboxylic acids is 2. The smallest absolute Gasteiger partial charge is 0.431 e. The van der Waals surface area contributed by atoms with Crippen LogP contribution in [0.4, 0.5) is 4.79 Å². The van der Waals surface area contributed by atoms with Gasteiger partial charge in [-0.2, -0.15) is 9.67 Å². The molecule has 1 aliphatic carbocycles. The van der Waals surface area contributed by atoms with Gasteiger partial charge < -0.3 is 9.47 Å². The van der Waals surface area contributed by atoms with E-state index in [0.717, 1.165) is 36.8 Å². The second-order valence-electron chi connectivity index (χ2n) is 7.62. The van der Waals surface area contributed by atoms with Crippen LogP contribution in [0.25, 0.3) is 0 Å². The Hall–Kier alpha value is -2.97. The number of ether oxygens (including phenoxy) is 2. The van der Waals surface area contributed by atoms with Gasteiger partial charge in [0.15, 0.2) is 0 Å². The number of aryl methyl sites for hydroxylation is 3. The Labute approximate surface area is 175 Å². The first-order valence-electron chi connectivity index (χ1n) is 10.4. The molecule has 1 aliphatic rings. The van der Waals surface area contributed by atoms with Crippen molar-refractivity contribution in [3.05, 3.63) is 40.5 Å². The highest BCUT2D eigenvalue weighted by atomic mass is 16.7. The third kappa shape index (κ3) is 5.14. The van der Waals surface area contributed by atoms with Gasteiger partial charge in [0, 0.05) is 12.1 Å². The van der Waals surface area contributed by atoms with E-state index in [1.54, 1.807) is 13.0 Å². The zero-order valence-electron chi connectivity index (χ0n) is 18.0. The van der Waals surface area contributed by atoms with Gasteiger partial charge in [0.1, 0.15) is 6.10 Å². The Bertz CT molecular complexity index is 972. The van der Waals surface area contributed by atoms with Crippen molar-refractivity contribution >= 4 is 12.1 Å². The number of nitrogens with zero attached hydrogens (tertiary/aromatic N) is 5. The highest BCUT2D eigenvalue weighted by Gasteiger charge is 2.22. The summed E-state index contributed by atoms with van der Waals surface area (Å²) in [5, 5.41) is 8.03. The molecule has 162 valence electrons. The second kappa shape index (κ2) is 9.69. The lowest BCUT2D eigenvalue weighted by Gasteiger charge is -2.22. The number of benzene rings is 1. The lowest BCUT2D eigenvalue weighted by atomic mass is 9.98.